The van der Waals surface area contributed by atoms with Gasteiger partial charge < -0.3 is 14.4 Å². The summed E-state index contributed by atoms with van der Waals surface area (Å²) < 4.78 is 42.0. The minimum atomic E-state index is -4.92. The van der Waals surface area contributed by atoms with Gasteiger partial charge >= 0.3 is 0 Å². The topological polar surface area (TPSA) is 116 Å². The minimum Gasteiger partial charge on any atom is -0.726 e. The monoisotopic (exact) mass is 268 g/mol. The quantitative estimate of drug-likeness (QED) is 0.285. The molecule has 1 aromatic heterocycles. The number of aromatic nitrogens is 2. The van der Waals surface area contributed by atoms with Crippen LogP contribution in [0.2, 0.25) is 0 Å². The lowest BCUT2D eigenvalue weighted by Gasteiger charge is -1.98. The van der Waals surface area contributed by atoms with Crippen molar-refractivity contribution in [1.29, 1.82) is 0 Å². The van der Waals surface area contributed by atoms with E-state index < -0.39 is 10.4 Å². The number of rotatable bonds is 5. The van der Waals surface area contributed by atoms with Crippen LogP contribution in [0.25, 0.3) is 0 Å². The highest BCUT2D eigenvalue weighted by atomic mass is 32.3. The van der Waals surface area contributed by atoms with Crippen LogP contribution in [0, 0.1) is 0 Å². The van der Waals surface area contributed by atoms with Gasteiger partial charge in [0.2, 0.25) is 16.7 Å². The first-order valence-electron chi connectivity index (χ1n) is 4.71. The van der Waals surface area contributed by atoms with Gasteiger partial charge in [0, 0.05) is 0 Å². The van der Waals surface area contributed by atoms with Crippen LogP contribution in [-0.4, -0.2) is 47.0 Å². The molecule has 17 heavy (non-hydrogen) atoms. The molecule has 0 fully saturated rings. The summed E-state index contributed by atoms with van der Waals surface area (Å²) in [6.07, 6.45) is 5.96. The maximum atomic E-state index is 8.63. The Morgan fingerprint density at radius 1 is 1.47 bits per heavy atom. The summed E-state index contributed by atoms with van der Waals surface area (Å²) in [6, 6.07) is 0. The van der Waals surface area contributed by atoms with Crippen LogP contribution in [0.1, 0.15) is 0 Å². The van der Waals surface area contributed by atoms with Crippen molar-refractivity contribution in [1.82, 2.24) is 4.57 Å². The normalized spacial score (nSPS) is 10.8. The van der Waals surface area contributed by atoms with Crippen LogP contribution in [0.3, 0.4) is 0 Å². The van der Waals surface area contributed by atoms with Crippen molar-refractivity contribution in [2.24, 2.45) is 7.05 Å². The van der Waals surface area contributed by atoms with Gasteiger partial charge in [0.25, 0.3) is 0 Å². The zero-order valence-electron chi connectivity index (χ0n) is 9.39. The summed E-state index contributed by atoms with van der Waals surface area (Å²) in [7, 11) is -2.94. The predicted octanol–water partition coefficient (Wildman–Crippen LogP) is -1.67. The summed E-state index contributed by atoms with van der Waals surface area (Å²) in [5.74, 6) is 0. The van der Waals surface area contributed by atoms with E-state index in [-0.39, 0.29) is 6.61 Å². The van der Waals surface area contributed by atoms with Crippen molar-refractivity contribution in [2.75, 3.05) is 19.8 Å². The molecule has 0 aliphatic rings. The van der Waals surface area contributed by atoms with Gasteiger partial charge in [-0.2, -0.15) is 0 Å². The Bertz CT molecular complexity index is 394. The van der Waals surface area contributed by atoms with Gasteiger partial charge in [-0.15, -0.1) is 0 Å². The van der Waals surface area contributed by atoms with Gasteiger partial charge in [0.1, 0.15) is 18.9 Å². The first-order valence-corrected chi connectivity index (χ1v) is 6.07. The maximum absolute atomic E-state index is 8.63. The third kappa shape index (κ3) is 12.9. The molecule has 0 saturated heterocycles. The van der Waals surface area contributed by atoms with Crippen LogP contribution >= 0.6 is 0 Å². The molecule has 0 unspecified atom stereocenters. The van der Waals surface area contributed by atoms with Crippen molar-refractivity contribution >= 4 is 10.4 Å². The zero-order chi connectivity index (χ0) is 13.3. The fourth-order valence-corrected chi connectivity index (χ4v) is 0.971. The highest BCUT2D eigenvalue weighted by molar-refractivity contribution is 7.79. The van der Waals surface area contributed by atoms with Crippen LogP contribution in [-0.2, 0) is 28.7 Å². The Labute approximate surface area is 99.7 Å². The molecular weight excluding hydrogens is 252 g/mol. The van der Waals surface area contributed by atoms with E-state index >= 15 is 0 Å². The Morgan fingerprint density at radius 2 is 2.06 bits per heavy atom. The first kappa shape index (κ1) is 16.0. The average Bonchev–Trinajstić information content (AvgIpc) is 2.56. The third-order valence-corrected chi connectivity index (χ3v) is 1.55. The van der Waals surface area contributed by atoms with E-state index in [0.29, 0.717) is 13.2 Å². The summed E-state index contributed by atoms with van der Waals surface area (Å²) in [5.41, 5.74) is 0. The molecule has 0 aliphatic carbocycles. The number of nitrogens with zero attached hydrogens (tertiary/aromatic N) is 2. The van der Waals surface area contributed by atoms with E-state index in [0.717, 1.165) is 6.54 Å². The summed E-state index contributed by atoms with van der Waals surface area (Å²) >= 11 is 0. The SMILES string of the molecule is C[n+]1ccn(CCOCCO)c1.O=S(=O)([O-])O. The van der Waals surface area contributed by atoms with Gasteiger partial charge in [-0.1, -0.05) is 0 Å². The fraction of sp³-hybridized carbons (Fsp3) is 0.625. The molecule has 0 aromatic carbocycles. The first-order chi connectivity index (χ1) is 7.83. The molecule has 0 atom stereocenters. The predicted molar refractivity (Wildman–Crippen MR) is 55.8 cm³/mol. The number of aryl methyl sites for hydroxylation is 1. The molecule has 100 valence electrons. The summed E-state index contributed by atoms with van der Waals surface area (Å²) in [4.78, 5) is 0. The smallest absolute Gasteiger partial charge is 0.243 e. The number of hydrogen-bond donors (Lipinski definition) is 2. The molecule has 2 N–H and O–H groups in total. The molecule has 0 amide bonds. The molecule has 0 saturated carbocycles. The Hall–Kier alpha value is -1.00. The van der Waals surface area contributed by atoms with Crippen molar-refractivity contribution in [3.8, 4) is 0 Å². The van der Waals surface area contributed by atoms with E-state index in [1.54, 1.807) is 0 Å². The summed E-state index contributed by atoms with van der Waals surface area (Å²) in [5, 5.41) is 8.43. The van der Waals surface area contributed by atoms with E-state index in [1.165, 1.54) is 0 Å². The van der Waals surface area contributed by atoms with E-state index in [2.05, 4.69) is 0 Å². The molecule has 0 radical (unpaired) electrons. The molecular formula is C8H16N2O6S. The van der Waals surface area contributed by atoms with Crippen LogP contribution < -0.4 is 4.57 Å². The standard InChI is InChI=1S/C8H15N2O2.H2O4S/c1-9-2-3-10(8-9)4-6-12-7-5-11;1-5(2,3)4/h2-3,8,11H,4-7H2,1H3;(H2,1,2,3,4)/q+1;/p-1. The maximum Gasteiger partial charge on any atom is 0.243 e. The van der Waals surface area contributed by atoms with Gasteiger partial charge in [-0.3, -0.25) is 4.55 Å². The number of imidazole rings is 1. The second-order valence-corrected chi connectivity index (χ2v) is 3.94. The van der Waals surface area contributed by atoms with Crippen molar-refractivity contribution in [3.63, 3.8) is 0 Å². The van der Waals surface area contributed by atoms with Crippen molar-refractivity contribution in [3.05, 3.63) is 18.7 Å². The van der Waals surface area contributed by atoms with Gasteiger partial charge in [-0.25, -0.2) is 17.6 Å². The lowest BCUT2D eigenvalue weighted by atomic mass is 10.6. The molecule has 1 heterocycles. The second kappa shape index (κ2) is 8.14. The van der Waals surface area contributed by atoms with Gasteiger partial charge in [0.05, 0.1) is 26.9 Å². The molecule has 1 rings (SSSR count). The zero-order valence-corrected chi connectivity index (χ0v) is 10.2. The number of hydrogen-bond acceptors (Lipinski definition) is 5. The second-order valence-electron chi connectivity index (χ2n) is 3.08. The largest absolute Gasteiger partial charge is 0.726 e. The minimum absolute atomic E-state index is 0.0967. The van der Waals surface area contributed by atoms with Crippen LogP contribution in [0.15, 0.2) is 18.7 Å². The number of aliphatic hydroxyl groups is 1. The molecule has 0 aliphatic heterocycles. The number of aliphatic hydroxyl groups excluding tert-OH is 1. The molecule has 8 nitrogen and oxygen atoms in total. The molecule has 1 aromatic rings. The Morgan fingerprint density at radius 3 is 2.47 bits per heavy atom. The lowest BCUT2D eigenvalue weighted by molar-refractivity contribution is -0.671. The highest BCUT2D eigenvalue weighted by Crippen LogP contribution is 1.84. The van der Waals surface area contributed by atoms with E-state index in [1.807, 2.05) is 34.9 Å². The molecule has 9 heteroatoms. The van der Waals surface area contributed by atoms with E-state index in [4.69, 9.17) is 27.4 Å². The van der Waals surface area contributed by atoms with Crippen LogP contribution in [0.5, 0.6) is 0 Å². The lowest BCUT2D eigenvalue weighted by Crippen LogP contribution is -2.24. The third-order valence-electron chi connectivity index (χ3n) is 1.55. The fourth-order valence-electron chi connectivity index (χ4n) is 0.971. The van der Waals surface area contributed by atoms with Gasteiger partial charge in [0.15, 0.2) is 0 Å². The Kier molecular flexibility index (Phi) is 7.66. The average molecular weight is 268 g/mol. The Balaban J connectivity index is 0.000000437. The molecule has 0 spiro atoms. The van der Waals surface area contributed by atoms with Gasteiger partial charge in [-0.05, 0) is 0 Å². The van der Waals surface area contributed by atoms with Crippen LogP contribution in [0.4, 0.5) is 0 Å². The molecule has 0 bridgehead atoms. The van der Waals surface area contributed by atoms with Crippen molar-refractivity contribution in [2.45, 2.75) is 6.54 Å². The highest BCUT2D eigenvalue weighted by Gasteiger charge is 1.98. The van der Waals surface area contributed by atoms with Crippen molar-refractivity contribution < 1.29 is 31.9 Å². The summed E-state index contributed by atoms with van der Waals surface area (Å²) in [6.45, 7) is 2.00. The van der Waals surface area contributed by atoms with E-state index in [9.17, 15) is 0 Å². The number of ether oxygens (including phenoxy) is 1.